The fraction of sp³-hybridized carbons (Fsp3) is 0.333. The molecule has 2 rings (SSSR count). The van der Waals surface area contributed by atoms with Crippen LogP contribution in [0.15, 0.2) is 48.5 Å². The summed E-state index contributed by atoms with van der Waals surface area (Å²) < 4.78 is 0. The molecule has 0 aliphatic heterocycles. The number of hydrogen-bond donors (Lipinski definition) is 1. The Kier molecular flexibility index (Phi) is 5.63. The number of nitrogens with one attached hydrogen (secondary N) is 1. The SMILES string of the molecule is Cc1cccc(C(C)NCCCc2ccccc2Cl)c1. The molecule has 0 aliphatic carbocycles. The zero-order chi connectivity index (χ0) is 14.4. The molecule has 0 spiro atoms. The van der Waals surface area contributed by atoms with Gasteiger partial charge in [0.2, 0.25) is 0 Å². The molecule has 0 fully saturated rings. The van der Waals surface area contributed by atoms with Crippen LogP contribution in [0.2, 0.25) is 5.02 Å². The highest BCUT2D eigenvalue weighted by atomic mass is 35.5. The van der Waals surface area contributed by atoms with Gasteiger partial charge in [0.15, 0.2) is 0 Å². The van der Waals surface area contributed by atoms with Crippen molar-refractivity contribution >= 4 is 11.6 Å². The molecule has 2 aromatic rings. The highest BCUT2D eigenvalue weighted by molar-refractivity contribution is 6.31. The molecular weight excluding hydrogens is 266 g/mol. The molecule has 106 valence electrons. The summed E-state index contributed by atoms with van der Waals surface area (Å²) in [5, 5.41) is 4.45. The first-order valence-electron chi connectivity index (χ1n) is 7.20. The number of benzene rings is 2. The van der Waals surface area contributed by atoms with Crippen LogP contribution in [0, 0.1) is 6.92 Å². The van der Waals surface area contributed by atoms with E-state index in [0.29, 0.717) is 6.04 Å². The van der Waals surface area contributed by atoms with Crippen molar-refractivity contribution in [2.45, 2.75) is 32.7 Å². The van der Waals surface area contributed by atoms with Crippen molar-refractivity contribution in [2.24, 2.45) is 0 Å². The molecule has 20 heavy (non-hydrogen) atoms. The second-order valence-electron chi connectivity index (χ2n) is 5.28. The van der Waals surface area contributed by atoms with Gasteiger partial charge in [0.1, 0.15) is 0 Å². The number of halogens is 1. The van der Waals surface area contributed by atoms with Gasteiger partial charge in [0.05, 0.1) is 0 Å². The quantitative estimate of drug-likeness (QED) is 0.743. The Morgan fingerprint density at radius 2 is 1.90 bits per heavy atom. The van der Waals surface area contributed by atoms with Gasteiger partial charge in [-0.05, 0) is 50.4 Å². The molecule has 1 nitrogen and oxygen atoms in total. The standard InChI is InChI=1S/C18H22ClN/c1-14-7-5-9-17(13-14)15(2)20-12-6-10-16-8-3-4-11-18(16)19/h3-5,7-9,11,13,15,20H,6,10,12H2,1-2H3. The fourth-order valence-electron chi connectivity index (χ4n) is 2.36. The largest absolute Gasteiger partial charge is 0.310 e. The van der Waals surface area contributed by atoms with Crippen molar-refractivity contribution in [3.63, 3.8) is 0 Å². The van der Waals surface area contributed by atoms with E-state index in [4.69, 9.17) is 11.6 Å². The van der Waals surface area contributed by atoms with Crippen LogP contribution in [0.25, 0.3) is 0 Å². The Labute approximate surface area is 127 Å². The highest BCUT2D eigenvalue weighted by Gasteiger charge is 2.04. The minimum absolute atomic E-state index is 0.390. The molecule has 1 unspecified atom stereocenters. The normalized spacial score (nSPS) is 12.3. The Morgan fingerprint density at radius 3 is 2.65 bits per heavy atom. The first-order valence-corrected chi connectivity index (χ1v) is 7.58. The summed E-state index contributed by atoms with van der Waals surface area (Å²) in [6, 6.07) is 17.1. The number of aryl methyl sites for hydroxylation is 2. The highest BCUT2D eigenvalue weighted by Crippen LogP contribution is 2.17. The molecule has 0 aliphatic rings. The third kappa shape index (κ3) is 4.36. The molecular formula is C18H22ClN. The Hall–Kier alpha value is -1.31. The van der Waals surface area contributed by atoms with Crippen LogP contribution in [0.1, 0.15) is 36.1 Å². The minimum atomic E-state index is 0.390. The lowest BCUT2D eigenvalue weighted by Gasteiger charge is -2.15. The lowest BCUT2D eigenvalue weighted by atomic mass is 10.1. The monoisotopic (exact) mass is 287 g/mol. The summed E-state index contributed by atoms with van der Waals surface area (Å²) >= 11 is 6.16. The van der Waals surface area contributed by atoms with E-state index in [2.05, 4.69) is 49.5 Å². The molecule has 0 heterocycles. The van der Waals surface area contributed by atoms with E-state index in [1.165, 1.54) is 16.7 Å². The van der Waals surface area contributed by atoms with Gasteiger partial charge < -0.3 is 5.32 Å². The Balaban J connectivity index is 1.77. The topological polar surface area (TPSA) is 12.0 Å². The smallest absolute Gasteiger partial charge is 0.0437 e. The second kappa shape index (κ2) is 7.47. The van der Waals surface area contributed by atoms with Crippen LogP contribution in [-0.4, -0.2) is 6.54 Å². The van der Waals surface area contributed by atoms with Gasteiger partial charge in [0.25, 0.3) is 0 Å². The average Bonchev–Trinajstić information content (AvgIpc) is 2.45. The minimum Gasteiger partial charge on any atom is -0.310 e. The molecule has 2 heteroatoms. The summed E-state index contributed by atoms with van der Waals surface area (Å²) in [4.78, 5) is 0. The molecule has 0 aromatic heterocycles. The van der Waals surface area contributed by atoms with E-state index in [-0.39, 0.29) is 0 Å². The Bertz CT molecular complexity index is 551. The van der Waals surface area contributed by atoms with Gasteiger partial charge in [-0.2, -0.15) is 0 Å². The van der Waals surface area contributed by atoms with E-state index in [0.717, 1.165) is 24.4 Å². The van der Waals surface area contributed by atoms with Gasteiger partial charge in [-0.3, -0.25) is 0 Å². The summed E-state index contributed by atoms with van der Waals surface area (Å²) in [7, 11) is 0. The molecule has 0 radical (unpaired) electrons. The van der Waals surface area contributed by atoms with E-state index in [9.17, 15) is 0 Å². The van der Waals surface area contributed by atoms with Gasteiger partial charge in [-0.1, -0.05) is 59.6 Å². The van der Waals surface area contributed by atoms with Crippen LogP contribution in [0.3, 0.4) is 0 Å². The van der Waals surface area contributed by atoms with Crippen LogP contribution in [0.4, 0.5) is 0 Å². The van der Waals surface area contributed by atoms with Gasteiger partial charge in [-0.25, -0.2) is 0 Å². The predicted molar refractivity (Wildman–Crippen MR) is 87.4 cm³/mol. The maximum absolute atomic E-state index is 6.16. The molecule has 0 amide bonds. The zero-order valence-corrected chi connectivity index (χ0v) is 13.0. The van der Waals surface area contributed by atoms with Crippen LogP contribution in [0.5, 0.6) is 0 Å². The van der Waals surface area contributed by atoms with Crippen LogP contribution in [-0.2, 0) is 6.42 Å². The summed E-state index contributed by atoms with van der Waals surface area (Å²) in [6.45, 7) is 5.35. The second-order valence-corrected chi connectivity index (χ2v) is 5.69. The van der Waals surface area contributed by atoms with Crippen LogP contribution < -0.4 is 5.32 Å². The van der Waals surface area contributed by atoms with Gasteiger partial charge in [-0.15, -0.1) is 0 Å². The van der Waals surface area contributed by atoms with E-state index < -0.39 is 0 Å². The van der Waals surface area contributed by atoms with E-state index in [1.54, 1.807) is 0 Å². The Morgan fingerprint density at radius 1 is 1.10 bits per heavy atom. The summed E-state index contributed by atoms with van der Waals surface area (Å²) in [6.07, 6.45) is 2.12. The summed E-state index contributed by atoms with van der Waals surface area (Å²) in [5.74, 6) is 0. The van der Waals surface area contributed by atoms with Gasteiger partial charge >= 0.3 is 0 Å². The van der Waals surface area contributed by atoms with Crippen LogP contribution >= 0.6 is 11.6 Å². The predicted octanol–water partition coefficient (Wildman–Crippen LogP) is 4.93. The van der Waals surface area contributed by atoms with Crippen molar-refractivity contribution < 1.29 is 0 Å². The summed E-state index contributed by atoms with van der Waals surface area (Å²) in [5.41, 5.74) is 3.90. The lowest BCUT2D eigenvalue weighted by Crippen LogP contribution is -2.20. The van der Waals surface area contributed by atoms with Crippen molar-refractivity contribution in [2.75, 3.05) is 6.54 Å². The zero-order valence-electron chi connectivity index (χ0n) is 12.2. The first kappa shape index (κ1) is 15.1. The lowest BCUT2D eigenvalue weighted by molar-refractivity contribution is 0.558. The van der Waals surface area contributed by atoms with Crippen molar-refractivity contribution in [1.29, 1.82) is 0 Å². The third-order valence-electron chi connectivity index (χ3n) is 3.57. The van der Waals surface area contributed by atoms with Crippen molar-refractivity contribution in [3.8, 4) is 0 Å². The average molecular weight is 288 g/mol. The number of rotatable bonds is 6. The fourth-order valence-corrected chi connectivity index (χ4v) is 2.59. The maximum atomic E-state index is 6.16. The molecule has 2 aromatic carbocycles. The first-order chi connectivity index (χ1) is 9.66. The molecule has 0 saturated heterocycles. The molecule has 1 N–H and O–H groups in total. The van der Waals surface area contributed by atoms with Gasteiger partial charge in [0, 0.05) is 11.1 Å². The maximum Gasteiger partial charge on any atom is 0.0437 e. The molecule has 0 bridgehead atoms. The number of hydrogen-bond acceptors (Lipinski definition) is 1. The van der Waals surface area contributed by atoms with E-state index in [1.807, 2.05) is 18.2 Å². The molecule has 0 saturated carbocycles. The van der Waals surface area contributed by atoms with Crippen molar-refractivity contribution in [3.05, 3.63) is 70.2 Å². The molecule has 1 atom stereocenters. The van der Waals surface area contributed by atoms with Crippen molar-refractivity contribution in [1.82, 2.24) is 5.32 Å². The third-order valence-corrected chi connectivity index (χ3v) is 3.94. The van der Waals surface area contributed by atoms with E-state index >= 15 is 0 Å².